The topological polar surface area (TPSA) is 41.9 Å². The van der Waals surface area contributed by atoms with Crippen LogP contribution in [0.25, 0.3) is 6.08 Å². The van der Waals surface area contributed by atoms with Crippen molar-refractivity contribution in [1.82, 2.24) is 0 Å². The lowest BCUT2D eigenvalue weighted by Gasteiger charge is -2.13. The van der Waals surface area contributed by atoms with E-state index in [4.69, 9.17) is 0 Å². The SMILES string of the molecule is O=C1ON=C(C(F)(F)F)/C1=C\c1ccc(N2CCCC2)s1. The van der Waals surface area contributed by atoms with E-state index in [1.54, 1.807) is 6.07 Å². The Morgan fingerprint density at radius 2 is 2.00 bits per heavy atom. The Balaban J connectivity index is 1.87. The van der Waals surface area contributed by atoms with Crippen LogP contribution in [0.3, 0.4) is 0 Å². The number of hydrogen-bond donors (Lipinski definition) is 0. The smallest absolute Gasteiger partial charge is 0.363 e. The highest BCUT2D eigenvalue weighted by atomic mass is 32.1. The molecule has 0 saturated carbocycles. The van der Waals surface area contributed by atoms with Crippen LogP contribution in [0.1, 0.15) is 17.7 Å². The maximum Gasteiger partial charge on any atom is 0.437 e. The highest BCUT2D eigenvalue weighted by Gasteiger charge is 2.45. The summed E-state index contributed by atoms with van der Waals surface area (Å²) >= 11 is 1.35. The lowest BCUT2D eigenvalue weighted by atomic mass is 10.1. The second-order valence-electron chi connectivity index (χ2n) is 4.74. The van der Waals surface area contributed by atoms with Crippen LogP contribution in [0.4, 0.5) is 18.2 Å². The van der Waals surface area contributed by atoms with Gasteiger partial charge in [-0.1, -0.05) is 5.16 Å². The predicted octanol–water partition coefficient (Wildman–Crippen LogP) is 3.21. The van der Waals surface area contributed by atoms with E-state index < -0.39 is 23.4 Å². The first-order valence-corrected chi connectivity index (χ1v) is 7.20. The molecule has 0 N–H and O–H groups in total. The summed E-state index contributed by atoms with van der Waals surface area (Å²) in [5.41, 5.74) is -1.82. The molecule has 0 unspecified atom stereocenters. The van der Waals surface area contributed by atoms with Gasteiger partial charge in [-0.3, -0.25) is 0 Å². The Labute approximate surface area is 122 Å². The number of carbonyl (C=O) groups excluding carboxylic acids is 1. The van der Waals surface area contributed by atoms with E-state index >= 15 is 0 Å². The van der Waals surface area contributed by atoms with Gasteiger partial charge < -0.3 is 9.74 Å². The molecule has 0 amide bonds. The summed E-state index contributed by atoms with van der Waals surface area (Å²) in [5, 5.41) is 3.81. The molecule has 1 saturated heterocycles. The van der Waals surface area contributed by atoms with E-state index in [9.17, 15) is 18.0 Å². The molecule has 112 valence electrons. The van der Waals surface area contributed by atoms with Gasteiger partial charge in [-0.25, -0.2) is 4.79 Å². The number of hydrogen-bond acceptors (Lipinski definition) is 5. The number of alkyl halides is 3. The molecule has 0 spiro atoms. The fraction of sp³-hybridized carbons (Fsp3) is 0.385. The van der Waals surface area contributed by atoms with Gasteiger partial charge in [0.25, 0.3) is 0 Å². The van der Waals surface area contributed by atoms with Crippen LogP contribution in [-0.2, 0) is 9.63 Å². The Morgan fingerprint density at radius 3 is 2.67 bits per heavy atom. The summed E-state index contributed by atoms with van der Waals surface area (Å²) in [5.74, 6) is -1.07. The number of anilines is 1. The summed E-state index contributed by atoms with van der Waals surface area (Å²) < 4.78 is 38.2. The molecular weight excluding hydrogens is 305 g/mol. The van der Waals surface area contributed by atoms with Crippen LogP contribution >= 0.6 is 11.3 Å². The van der Waals surface area contributed by atoms with Gasteiger partial charge in [0.15, 0.2) is 5.71 Å². The number of carbonyl (C=O) groups is 1. The number of nitrogens with zero attached hydrogens (tertiary/aromatic N) is 2. The van der Waals surface area contributed by atoms with Crippen molar-refractivity contribution in [3.8, 4) is 0 Å². The molecule has 1 aromatic rings. The lowest BCUT2D eigenvalue weighted by Crippen LogP contribution is -2.24. The van der Waals surface area contributed by atoms with Crippen LogP contribution in [0.2, 0.25) is 0 Å². The third kappa shape index (κ3) is 2.80. The predicted molar refractivity (Wildman–Crippen MR) is 73.3 cm³/mol. The zero-order valence-corrected chi connectivity index (χ0v) is 11.6. The molecule has 2 aliphatic heterocycles. The normalized spacial score (nSPS) is 21.1. The Morgan fingerprint density at radius 1 is 1.29 bits per heavy atom. The van der Waals surface area contributed by atoms with Gasteiger partial charge >= 0.3 is 12.1 Å². The first-order chi connectivity index (χ1) is 9.95. The molecule has 0 bridgehead atoms. The fourth-order valence-corrected chi connectivity index (χ4v) is 3.29. The second-order valence-corrected chi connectivity index (χ2v) is 5.84. The molecule has 8 heteroatoms. The summed E-state index contributed by atoms with van der Waals surface area (Å²) in [7, 11) is 0. The lowest BCUT2D eigenvalue weighted by molar-refractivity contribution is -0.136. The number of oxime groups is 1. The van der Waals surface area contributed by atoms with E-state index in [-0.39, 0.29) is 0 Å². The third-order valence-electron chi connectivity index (χ3n) is 3.28. The average Bonchev–Trinajstić information content (AvgIpc) is 3.10. The van der Waals surface area contributed by atoms with Crippen LogP contribution < -0.4 is 4.90 Å². The van der Waals surface area contributed by atoms with Crippen molar-refractivity contribution in [2.75, 3.05) is 18.0 Å². The van der Waals surface area contributed by atoms with E-state index in [1.807, 2.05) is 6.07 Å². The molecule has 0 aromatic carbocycles. The molecule has 21 heavy (non-hydrogen) atoms. The van der Waals surface area contributed by atoms with E-state index in [0.29, 0.717) is 4.88 Å². The molecule has 0 atom stereocenters. The van der Waals surface area contributed by atoms with Crippen molar-refractivity contribution in [2.24, 2.45) is 5.16 Å². The molecule has 3 rings (SSSR count). The quantitative estimate of drug-likeness (QED) is 0.621. The summed E-state index contributed by atoms with van der Waals surface area (Å²) in [6.45, 7) is 1.90. The van der Waals surface area contributed by atoms with Crippen LogP contribution in [0.5, 0.6) is 0 Å². The molecule has 0 radical (unpaired) electrons. The van der Waals surface area contributed by atoms with Gasteiger partial charge in [-0.15, -0.1) is 11.3 Å². The highest BCUT2D eigenvalue weighted by Crippen LogP contribution is 2.33. The molecule has 2 aliphatic rings. The minimum absolute atomic E-state index is 0.544. The maximum absolute atomic E-state index is 12.7. The minimum atomic E-state index is -4.70. The molecule has 1 fully saturated rings. The molecule has 3 heterocycles. The monoisotopic (exact) mass is 316 g/mol. The first kappa shape index (κ1) is 14.1. The van der Waals surface area contributed by atoms with Gasteiger partial charge in [-0.05, 0) is 31.1 Å². The van der Waals surface area contributed by atoms with Crippen molar-refractivity contribution in [3.63, 3.8) is 0 Å². The maximum atomic E-state index is 12.7. The molecule has 0 aliphatic carbocycles. The van der Waals surface area contributed by atoms with E-state index in [1.165, 1.54) is 17.4 Å². The van der Waals surface area contributed by atoms with Gasteiger partial charge in [-0.2, -0.15) is 13.2 Å². The van der Waals surface area contributed by atoms with E-state index in [0.717, 1.165) is 30.9 Å². The largest absolute Gasteiger partial charge is 0.437 e. The van der Waals surface area contributed by atoms with E-state index in [2.05, 4.69) is 14.9 Å². The van der Waals surface area contributed by atoms with Crippen molar-refractivity contribution >= 4 is 34.1 Å². The number of halogens is 3. The van der Waals surface area contributed by atoms with Crippen molar-refractivity contribution in [3.05, 3.63) is 22.6 Å². The zero-order valence-electron chi connectivity index (χ0n) is 10.8. The van der Waals surface area contributed by atoms with Gasteiger partial charge in [0.05, 0.1) is 10.6 Å². The number of thiophene rings is 1. The Hall–Kier alpha value is -1.83. The van der Waals surface area contributed by atoms with Gasteiger partial charge in [0.1, 0.15) is 0 Å². The average molecular weight is 316 g/mol. The summed E-state index contributed by atoms with van der Waals surface area (Å²) in [6.07, 6.45) is -1.28. The molecule has 4 nitrogen and oxygen atoms in total. The first-order valence-electron chi connectivity index (χ1n) is 6.38. The summed E-state index contributed by atoms with van der Waals surface area (Å²) in [6, 6.07) is 3.55. The third-order valence-corrected chi connectivity index (χ3v) is 4.37. The molecular formula is C13H11F3N2O2S. The fourth-order valence-electron chi connectivity index (χ4n) is 2.28. The van der Waals surface area contributed by atoms with Crippen LogP contribution in [0.15, 0.2) is 22.9 Å². The van der Waals surface area contributed by atoms with Crippen LogP contribution in [0, 0.1) is 0 Å². The number of rotatable bonds is 2. The minimum Gasteiger partial charge on any atom is -0.363 e. The van der Waals surface area contributed by atoms with Gasteiger partial charge in [0, 0.05) is 18.0 Å². The van der Waals surface area contributed by atoms with Crippen molar-refractivity contribution in [2.45, 2.75) is 19.0 Å². The second kappa shape index (κ2) is 5.18. The zero-order chi connectivity index (χ0) is 15.0. The standard InChI is InChI=1S/C13H11F3N2O2S/c14-13(15,16)11-9(12(19)20-17-11)7-8-3-4-10(21-8)18-5-1-2-6-18/h3-4,7H,1-2,5-6H2/b9-7+. The van der Waals surface area contributed by atoms with Crippen molar-refractivity contribution < 1.29 is 22.8 Å². The Kier molecular flexibility index (Phi) is 3.48. The van der Waals surface area contributed by atoms with Gasteiger partial charge in [0.2, 0.25) is 0 Å². The van der Waals surface area contributed by atoms with Crippen LogP contribution in [-0.4, -0.2) is 30.9 Å². The molecule has 1 aromatic heterocycles. The highest BCUT2D eigenvalue weighted by molar-refractivity contribution is 7.17. The Bertz CT molecular complexity index is 628. The summed E-state index contributed by atoms with van der Waals surface area (Å²) in [4.78, 5) is 18.3. The van der Waals surface area contributed by atoms with Crippen molar-refractivity contribution in [1.29, 1.82) is 0 Å².